The zero-order valence-electron chi connectivity index (χ0n) is 16.2. The second kappa shape index (κ2) is 10.9. The van der Waals surface area contributed by atoms with Gasteiger partial charge in [-0.15, -0.1) is 24.0 Å². The number of guanidine groups is 1. The van der Waals surface area contributed by atoms with E-state index in [1.807, 2.05) is 7.05 Å². The highest BCUT2D eigenvalue weighted by atomic mass is 127. The van der Waals surface area contributed by atoms with Crippen molar-refractivity contribution in [1.29, 1.82) is 0 Å². The molecule has 0 amide bonds. The highest BCUT2D eigenvalue weighted by molar-refractivity contribution is 14.0. The third-order valence-electron chi connectivity index (χ3n) is 4.59. The molecule has 1 unspecified atom stereocenters. The summed E-state index contributed by atoms with van der Waals surface area (Å²) in [5.74, 6) is 2.66. The van der Waals surface area contributed by atoms with Crippen molar-refractivity contribution in [1.82, 2.24) is 25.3 Å². The van der Waals surface area contributed by atoms with Gasteiger partial charge in [0, 0.05) is 45.6 Å². The van der Waals surface area contributed by atoms with E-state index in [1.165, 1.54) is 19.4 Å². The molecule has 0 bridgehead atoms. The lowest BCUT2D eigenvalue weighted by Crippen LogP contribution is -2.46. The quantitative estimate of drug-likeness (QED) is 0.380. The van der Waals surface area contributed by atoms with Crippen LogP contribution in [0.15, 0.2) is 9.52 Å². The summed E-state index contributed by atoms with van der Waals surface area (Å²) in [5.41, 5.74) is 0. The average Bonchev–Trinajstić information content (AvgIpc) is 3.20. The fourth-order valence-corrected chi connectivity index (χ4v) is 3.19. The monoisotopic (exact) mass is 464 g/mol. The second-order valence-corrected chi connectivity index (χ2v) is 6.73. The van der Waals surface area contributed by atoms with Crippen molar-refractivity contribution in [3.63, 3.8) is 0 Å². The van der Waals surface area contributed by atoms with Gasteiger partial charge >= 0.3 is 0 Å². The van der Waals surface area contributed by atoms with Gasteiger partial charge in [-0.3, -0.25) is 9.89 Å². The molecule has 1 fully saturated rings. The summed E-state index contributed by atoms with van der Waals surface area (Å²) >= 11 is 0. The van der Waals surface area contributed by atoms with Gasteiger partial charge in [0.05, 0.1) is 0 Å². The molecule has 8 heteroatoms. The fraction of sp³-hybridized carbons (Fsp3) is 0.824. The highest BCUT2D eigenvalue weighted by Gasteiger charge is 2.24. The number of hydrogen-bond donors (Lipinski definition) is 1. The van der Waals surface area contributed by atoms with E-state index < -0.39 is 0 Å². The Kier molecular flexibility index (Phi) is 9.70. The summed E-state index contributed by atoms with van der Waals surface area (Å²) in [6.07, 6.45) is 3.28. The molecular formula is C17H33IN6O. The van der Waals surface area contributed by atoms with Crippen LogP contribution in [0.2, 0.25) is 0 Å². The number of nitrogens with zero attached hydrogens (tertiary/aromatic N) is 5. The summed E-state index contributed by atoms with van der Waals surface area (Å²) < 4.78 is 5.28. The molecule has 1 aromatic heterocycles. The molecular weight excluding hydrogens is 431 g/mol. The van der Waals surface area contributed by atoms with Crippen LogP contribution in [-0.4, -0.2) is 72.2 Å². The number of likely N-dealkylation sites (tertiary alicyclic amines) is 1. The van der Waals surface area contributed by atoms with E-state index in [0.717, 1.165) is 31.4 Å². The van der Waals surface area contributed by atoms with Crippen molar-refractivity contribution >= 4 is 29.9 Å². The van der Waals surface area contributed by atoms with Crippen LogP contribution in [0.1, 0.15) is 51.2 Å². The van der Waals surface area contributed by atoms with Gasteiger partial charge in [-0.1, -0.05) is 25.9 Å². The first-order chi connectivity index (χ1) is 11.5. The summed E-state index contributed by atoms with van der Waals surface area (Å²) in [6.45, 7) is 10.4. The Bertz CT molecular complexity index is 533. The molecule has 0 aliphatic carbocycles. The minimum atomic E-state index is 0. The van der Waals surface area contributed by atoms with E-state index in [2.05, 4.69) is 58.1 Å². The van der Waals surface area contributed by atoms with Crippen LogP contribution in [0.5, 0.6) is 0 Å². The van der Waals surface area contributed by atoms with Gasteiger partial charge in [0.15, 0.2) is 11.8 Å². The maximum Gasteiger partial charge on any atom is 0.228 e. The van der Waals surface area contributed by atoms with Gasteiger partial charge in [0.25, 0.3) is 0 Å². The minimum Gasteiger partial charge on any atom is -0.356 e. The fourth-order valence-electron chi connectivity index (χ4n) is 3.19. The zero-order valence-corrected chi connectivity index (χ0v) is 18.5. The predicted octanol–water partition coefficient (Wildman–Crippen LogP) is 2.35. The standard InChI is InChI=1S/C17H32N6O.HI/c1-6-23-11-7-8-14(23)12-22(5)17(18-4)19-10-9-15-20-16(13(2)3)21-24-15;/h13-14H,6-12H2,1-5H3,(H,18,19);1H. The van der Waals surface area contributed by atoms with E-state index >= 15 is 0 Å². The third-order valence-corrected chi connectivity index (χ3v) is 4.59. The van der Waals surface area contributed by atoms with Crippen LogP contribution in [0.3, 0.4) is 0 Å². The molecule has 0 spiro atoms. The maximum absolute atomic E-state index is 5.28. The molecule has 144 valence electrons. The number of aromatic nitrogens is 2. The van der Waals surface area contributed by atoms with Crippen molar-refractivity contribution in [2.75, 3.05) is 40.3 Å². The lowest BCUT2D eigenvalue weighted by molar-refractivity contribution is 0.232. The molecule has 2 heterocycles. The van der Waals surface area contributed by atoms with Gasteiger partial charge < -0.3 is 14.7 Å². The van der Waals surface area contributed by atoms with Gasteiger partial charge in [0.2, 0.25) is 5.89 Å². The zero-order chi connectivity index (χ0) is 17.5. The SMILES string of the molecule is CCN1CCCC1CN(C)C(=NC)NCCc1nc(C(C)C)no1.I. The van der Waals surface area contributed by atoms with E-state index in [1.54, 1.807) is 0 Å². The molecule has 0 saturated carbocycles. The largest absolute Gasteiger partial charge is 0.356 e. The highest BCUT2D eigenvalue weighted by Crippen LogP contribution is 2.17. The van der Waals surface area contributed by atoms with Crippen LogP contribution in [-0.2, 0) is 6.42 Å². The molecule has 1 aliphatic rings. The number of rotatable bonds is 7. The molecule has 0 aromatic carbocycles. The van der Waals surface area contributed by atoms with E-state index in [4.69, 9.17) is 4.52 Å². The average molecular weight is 464 g/mol. The Hall–Kier alpha value is -0.900. The number of hydrogen-bond acceptors (Lipinski definition) is 5. The molecule has 7 nitrogen and oxygen atoms in total. The molecule has 1 saturated heterocycles. The van der Waals surface area contributed by atoms with Crippen LogP contribution < -0.4 is 5.32 Å². The van der Waals surface area contributed by atoms with Crippen LogP contribution in [0, 0.1) is 0 Å². The number of likely N-dealkylation sites (N-methyl/N-ethyl adjacent to an activating group) is 2. The van der Waals surface area contributed by atoms with Crippen molar-refractivity contribution in [2.45, 2.75) is 52.0 Å². The van der Waals surface area contributed by atoms with Crippen molar-refractivity contribution in [2.24, 2.45) is 4.99 Å². The van der Waals surface area contributed by atoms with E-state index in [9.17, 15) is 0 Å². The molecule has 1 aliphatic heterocycles. The number of nitrogens with one attached hydrogen (secondary N) is 1. The van der Waals surface area contributed by atoms with Gasteiger partial charge in [-0.05, 0) is 25.9 Å². The Morgan fingerprint density at radius 2 is 2.24 bits per heavy atom. The molecule has 1 aromatic rings. The van der Waals surface area contributed by atoms with Crippen molar-refractivity contribution in [3.8, 4) is 0 Å². The Balaban J connectivity index is 0.00000312. The van der Waals surface area contributed by atoms with Crippen LogP contribution in [0.25, 0.3) is 0 Å². The summed E-state index contributed by atoms with van der Waals surface area (Å²) in [5, 5.41) is 7.39. The van der Waals surface area contributed by atoms with E-state index in [0.29, 0.717) is 24.3 Å². The molecule has 1 N–H and O–H groups in total. The normalized spacial score (nSPS) is 18.5. The lowest BCUT2D eigenvalue weighted by Gasteiger charge is -2.29. The third kappa shape index (κ3) is 6.40. The van der Waals surface area contributed by atoms with Gasteiger partial charge in [-0.2, -0.15) is 4.98 Å². The second-order valence-electron chi connectivity index (χ2n) is 6.73. The summed E-state index contributed by atoms with van der Waals surface area (Å²) in [4.78, 5) is 13.6. The summed E-state index contributed by atoms with van der Waals surface area (Å²) in [6, 6.07) is 0.628. The molecule has 2 rings (SSSR count). The van der Waals surface area contributed by atoms with Crippen molar-refractivity contribution < 1.29 is 4.52 Å². The topological polar surface area (TPSA) is 69.8 Å². The Morgan fingerprint density at radius 3 is 2.84 bits per heavy atom. The predicted molar refractivity (Wildman–Crippen MR) is 112 cm³/mol. The van der Waals surface area contributed by atoms with Crippen LogP contribution in [0.4, 0.5) is 0 Å². The smallest absolute Gasteiger partial charge is 0.228 e. The molecule has 25 heavy (non-hydrogen) atoms. The van der Waals surface area contributed by atoms with E-state index in [-0.39, 0.29) is 24.0 Å². The first-order valence-corrected chi connectivity index (χ1v) is 9.03. The first kappa shape index (κ1) is 22.1. The van der Waals surface area contributed by atoms with Gasteiger partial charge in [-0.25, -0.2) is 0 Å². The molecule has 1 atom stereocenters. The van der Waals surface area contributed by atoms with Crippen LogP contribution >= 0.6 is 24.0 Å². The maximum atomic E-state index is 5.28. The lowest BCUT2D eigenvalue weighted by atomic mass is 10.2. The Morgan fingerprint density at radius 1 is 1.48 bits per heavy atom. The molecule has 0 radical (unpaired) electrons. The Labute approximate surface area is 168 Å². The minimum absolute atomic E-state index is 0. The first-order valence-electron chi connectivity index (χ1n) is 9.03. The van der Waals surface area contributed by atoms with Crippen molar-refractivity contribution in [3.05, 3.63) is 11.7 Å². The summed E-state index contributed by atoms with van der Waals surface area (Å²) in [7, 11) is 3.93. The number of halogens is 1. The number of aliphatic imine (C=N–C) groups is 1. The van der Waals surface area contributed by atoms with Gasteiger partial charge in [0.1, 0.15) is 0 Å².